The Morgan fingerprint density at radius 3 is 2.83 bits per heavy atom. The molecule has 1 fully saturated rings. The highest BCUT2D eigenvalue weighted by molar-refractivity contribution is 6.30. The number of aryl methyl sites for hydroxylation is 1. The SMILES string of the molecule is Cn1ccnc1CN1CCC(C(=O)NCc2cccc(Cl)c2)CC1. The van der Waals surface area contributed by atoms with Crippen LogP contribution in [0.15, 0.2) is 36.7 Å². The second-order valence-electron chi connectivity index (χ2n) is 6.35. The van der Waals surface area contributed by atoms with Crippen LogP contribution in [-0.4, -0.2) is 33.4 Å². The number of carbonyl (C=O) groups is 1. The van der Waals surface area contributed by atoms with Gasteiger partial charge in [0.15, 0.2) is 0 Å². The molecule has 0 unspecified atom stereocenters. The second-order valence-corrected chi connectivity index (χ2v) is 6.79. The molecule has 1 aromatic carbocycles. The molecule has 128 valence electrons. The van der Waals surface area contributed by atoms with E-state index < -0.39 is 0 Å². The van der Waals surface area contributed by atoms with Crippen LogP contribution in [0.25, 0.3) is 0 Å². The number of rotatable bonds is 5. The Kier molecular flexibility index (Phi) is 5.53. The Morgan fingerprint density at radius 2 is 2.17 bits per heavy atom. The number of nitrogens with zero attached hydrogens (tertiary/aromatic N) is 3. The molecule has 1 amide bonds. The molecule has 3 rings (SSSR count). The molecule has 2 heterocycles. The number of halogens is 1. The number of aromatic nitrogens is 2. The molecule has 0 radical (unpaired) electrons. The third-order valence-corrected chi connectivity index (χ3v) is 4.84. The fourth-order valence-electron chi connectivity index (χ4n) is 3.08. The Bertz CT molecular complexity index is 692. The molecule has 24 heavy (non-hydrogen) atoms. The van der Waals surface area contributed by atoms with E-state index in [0.717, 1.165) is 43.9 Å². The van der Waals surface area contributed by atoms with Crippen LogP contribution in [0.3, 0.4) is 0 Å². The quantitative estimate of drug-likeness (QED) is 0.905. The topological polar surface area (TPSA) is 50.2 Å². The van der Waals surface area contributed by atoms with Crippen LogP contribution in [0.2, 0.25) is 5.02 Å². The number of piperidine rings is 1. The summed E-state index contributed by atoms with van der Waals surface area (Å²) in [6.45, 7) is 3.25. The molecule has 0 aliphatic carbocycles. The molecule has 2 aromatic rings. The van der Waals surface area contributed by atoms with Crippen molar-refractivity contribution in [3.8, 4) is 0 Å². The van der Waals surface area contributed by atoms with Crippen molar-refractivity contribution >= 4 is 17.5 Å². The first kappa shape index (κ1) is 17.0. The largest absolute Gasteiger partial charge is 0.352 e. The number of hydrogen-bond acceptors (Lipinski definition) is 3. The highest BCUT2D eigenvalue weighted by atomic mass is 35.5. The highest BCUT2D eigenvalue weighted by Gasteiger charge is 2.25. The van der Waals surface area contributed by atoms with Crippen molar-refractivity contribution in [3.05, 3.63) is 53.1 Å². The summed E-state index contributed by atoms with van der Waals surface area (Å²) in [5.74, 6) is 1.31. The maximum Gasteiger partial charge on any atom is 0.223 e. The molecule has 1 saturated heterocycles. The maximum absolute atomic E-state index is 12.4. The summed E-state index contributed by atoms with van der Waals surface area (Å²) in [6.07, 6.45) is 5.58. The monoisotopic (exact) mass is 346 g/mol. The molecule has 0 bridgehead atoms. The number of likely N-dealkylation sites (tertiary alicyclic amines) is 1. The minimum absolute atomic E-state index is 0.0989. The van der Waals surface area contributed by atoms with Gasteiger partial charge in [-0.2, -0.15) is 0 Å². The molecule has 1 aliphatic rings. The van der Waals surface area contributed by atoms with Gasteiger partial charge >= 0.3 is 0 Å². The molecule has 6 heteroatoms. The molecular weight excluding hydrogens is 324 g/mol. The summed E-state index contributed by atoms with van der Waals surface area (Å²) in [6, 6.07) is 7.60. The predicted molar refractivity (Wildman–Crippen MR) is 94.5 cm³/mol. The summed E-state index contributed by atoms with van der Waals surface area (Å²) >= 11 is 5.97. The summed E-state index contributed by atoms with van der Waals surface area (Å²) in [5, 5.41) is 3.73. The van der Waals surface area contributed by atoms with E-state index >= 15 is 0 Å². The fourth-order valence-corrected chi connectivity index (χ4v) is 3.30. The highest BCUT2D eigenvalue weighted by Crippen LogP contribution is 2.19. The Morgan fingerprint density at radius 1 is 1.38 bits per heavy atom. The summed E-state index contributed by atoms with van der Waals surface area (Å²) in [7, 11) is 2.01. The van der Waals surface area contributed by atoms with Crippen LogP contribution in [0.1, 0.15) is 24.2 Å². The molecule has 5 nitrogen and oxygen atoms in total. The van der Waals surface area contributed by atoms with Crippen molar-refractivity contribution in [2.75, 3.05) is 13.1 Å². The van der Waals surface area contributed by atoms with Gasteiger partial charge in [0.1, 0.15) is 5.82 Å². The lowest BCUT2D eigenvalue weighted by atomic mass is 9.96. The number of imidazole rings is 1. The van der Waals surface area contributed by atoms with E-state index in [1.165, 1.54) is 0 Å². The fraction of sp³-hybridized carbons (Fsp3) is 0.444. The number of benzene rings is 1. The number of carbonyl (C=O) groups excluding carboxylic acids is 1. The minimum atomic E-state index is 0.0989. The summed E-state index contributed by atoms with van der Waals surface area (Å²) in [5.41, 5.74) is 1.03. The van der Waals surface area contributed by atoms with E-state index in [-0.39, 0.29) is 11.8 Å². The predicted octanol–water partition coefficient (Wildman–Crippen LogP) is 2.60. The Hall–Kier alpha value is -1.85. The number of hydrogen-bond donors (Lipinski definition) is 1. The van der Waals surface area contributed by atoms with Gasteiger partial charge in [-0.25, -0.2) is 4.98 Å². The van der Waals surface area contributed by atoms with E-state index in [4.69, 9.17) is 11.6 Å². The Labute approximate surface area is 147 Å². The van der Waals surface area contributed by atoms with Crippen molar-refractivity contribution in [3.63, 3.8) is 0 Å². The lowest BCUT2D eigenvalue weighted by Gasteiger charge is -2.31. The van der Waals surface area contributed by atoms with Gasteiger partial charge in [-0.15, -0.1) is 0 Å². The van der Waals surface area contributed by atoms with E-state index in [1.807, 2.05) is 48.3 Å². The van der Waals surface area contributed by atoms with E-state index in [2.05, 4.69) is 15.2 Å². The zero-order valence-electron chi connectivity index (χ0n) is 13.9. The van der Waals surface area contributed by atoms with Gasteiger partial charge in [-0.05, 0) is 43.6 Å². The molecule has 1 aromatic heterocycles. The van der Waals surface area contributed by atoms with Crippen molar-refractivity contribution in [1.82, 2.24) is 19.8 Å². The van der Waals surface area contributed by atoms with Gasteiger partial charge in [0.05, 0.1) is 6.54 Å². The van der Waals surface area contributed by atoms with Gasteiger partial charge in [-0.1, -0.05) is 23.7 Å². The molecule has 0 saturated carbocycles. The van der Waals surface area contributed by atoms with Crippen molar-refractivity contribution in [1.29, 1.82) is 0 Å². The molecule has 1 N–H and O–H groups in total. The van der Waals surface area contributed by atoms with Gasteiger partial charge in [0.25, 0.3) is 0 Å². The number of amides is 1. The first-order valence-corrected chi connectivity index (χ1v) is 8.70. The second kappa shape index (κ2) is 7.81. The minimum Gasteiger partial charge on any atom is -0.352 e. The van der Waals surface area contributed by atoms with Crippen LogP contribution in [0, 0.1) is 5.92 Å². The lowest BCUT2D eigenvalue weighted by molar-refractivity contribution is -0.126. The molecule has 1 aliphatic heterocycles. The van der Waals surface area contributed by atoms with Crippen LogP contribution in [-0.2, 0) is 24.9 Å². The van der Waals surface area contributed by atoms with E-state index in [9.17, 15) is 4.79 Å². The zero-order valence-corrected chi connectivity index (χ0v) is 14.7. The van der Waals surface area contributed by atoms with Crippen LogP contribution < -0.4 is 5.32 Å². The standard InChI is InChI=1S/C18H23ClN4O/c1-22-10-7-20-17(22)13-23-8-5-15(6-9-23)18(24)21-12-14-3-2-4-16(19)11-14/h2-4,7,10-11,15H,5-6,8-9,12-13H2,1H3,(H,21,24). The lowest BCUT2D eigenvalue weighted by Crippen LogP contribution is -2.40. The third kappa shape index (κ3) is 4.36. The first-order chi connectivity index (χ1) is 11.6. The summed E-state index contributed by atoms with van der Waals surface area (Å²) < 4.78 is 2.05. The van der Waals surface area contributed by atoms with Crippen LogP contribution in [0.4, 0.5) is 0 Å². The van der Waals surface area contributed by atoms with E-state index in [0.29, 0.717) is 11.6 Å². The summed E-state index contributed by atoms with van der Waals surface area (Å²) in [4.78, 5) is 19.1. The normalized spacial score (nSPS) is 16.2. The maximum atomic E-state index is 12.4. The first-order valence-electron chi connectivity index (χ1n) is 8.32. The van der Waals surface area contributed by atoms with Gasteiger partial charge < -0.3 is 9.88 Å². The van der Waals surface area contributed by atoms with Crippen LogP contribution in [0.5, 0.6) is 0 Å². The van der Waals surface area contributed by atoms with Crippen molar-refractivity contribution in [2.24, 2.45) is 13.0 Å². The molecule has 0 spiro atoms. The van der Waals surface area contributed by atoms with Gasteiger partial charge in [0.2, 0.25) is 5.91 Å². The smallest absolute Gasteiger partial charge is 0.223 e. The average molecular weight is 347 g/mol. The Balaban J connectivity index is 1.44. The third-order valence-electron chi connectivity index (χ3n) is 4.60. The zero-order chi connectivity index (χ0) is 16.9. The molecular formula is C18H23ClN4O. The van der Waals surface area contributed by atoms with Crippen LogP contribution >= 0.6 is 11.6 Å². The van der Waals surface area contributed by atoms with Gasteiger partial charge in [0, 0.05) is 36.9 Å². The van der Waals surface area contributed by atoms with E-state index in [1.54, 1.807) is 0 Å². The van der Waals surface area contributed by atoms with Crippen molar-refractivity contribution < 1.29 is 4.79 Å². The number of nitrogens with one attached hydrogen (secondary N) is 1. The van der Waals surface area contributed by atoms with Crippen molar-refractivity contribution in [2.45, 2.75) is 25.9 Å². The molecule has 0 atom stereocenters. The average Bonchev–Trinajstić information content (AvgIpc) is 2.98. The van der Waals surface area contributed by atoms with Gasteiger partial charge in [-0.3, -0.25) is 9.69 Å².